The highest BCUT2D eigenvalue weighted by atomic mass is 16.5. The molecule has 1 aromatic heterocycles. The molecule has 2 aromatic rings. The summed E-state index contributed by atoms with van der Waals surface area (Å²) in [6, 6.07) is 3.61. The van der Waals surface area contributed by atoms with E-state index in [1.807, 2.05) is 11.0 Å². The average Bonchev–Trinajstić information content (AvgIpc) is 2.80. The number of amides is 1. The maximum Gasteiger partial charge on any atom is 0.222 e. The van der Waals surface area contributed by atoms with E-state index in [4.69, 9.17) is 25.9 Å². The van der Waals surface area contributed by atoms with Crippen LogP contribution in [0, 0.1) is 0 Å². The number of carbonyl (C=O) groups excluding carboxylic acids is 1. The van der Waals surface area contributed by atoms with Crippen LogP contribution in [0.3, 0.4) is 0 Å². The minimum atomic E-state index is 0.0400. The molecule has 0 radical (unpaired) electrons. The van der Waals surface area contributed by atoms with Crippen LogP contribution < -0.4 is 26.3 Å². The standard InChI is InChI=1S/C22H34N6O3/c1-30-18-13-16-17(14-19(18)31-2)26-22(27-21(16)24)15(5-3-4-8-23)6-7-20(29)28-11-9-25-10-12-28/h13-15,25H,3-12,23H2,1-2H3,(H2,24,26,27). The minimum Gasteiger partial charge on any atom is -0.493 e. The van der Waals surface area contributed by atoms with Crippen molar-refractivity contribution in [2.45, 2.75) is 38.0 Å². The summed E-state index contributed by atoms with van der Waals surface area (Å²) >= 11 is 0. The fourth-order valence-corrected chi connectivity index (χ4v) is 3.99. The third-order valence-electron chi connectivity index (χ3n) is 5.80. The number of piperazine rings is 1. The van der Waals surface area contributed by atoms with Gasteiger partial charge in [0.15, 0.2) is 11.5 Å². The summed E-state index contributed by atoms with van der Waals surface area (Å²) in [5.74, 6) is 2.47. The summed E-state index contributed by atoms with van der Waals surface area (Å²) in [4.78, 5) is 24.0. The van der Waals surface area contributed by atoms with E-state index < -0.39 is 0 Å². The fraction of sp³-hybridized carbons (Fsp3) is 0.591. The maximum absolute atomic E-state index is 12.7. The molecule has 0 aliphatic carbocycles. The van der Waals surface area contributed by atoms with E-state index in [0.29, 0.717) is 48.0 Å². The normalized spacial score (nSPS) is 15.1. The lowest BCUT2D eigenvalue weighted by Gasteiger charge is -2.28. The molecule has 1 unspecified atom stereocenters. The Morgan fingerprint density at radius 2 is 1.84 bits per heavy atom. The predicted molar refractivity (Wildman–Crippen MR) is 121 cm³/mol. The van der Waals surface area contributed by atoms with E-state index >= 15 is 0 Å². The van der Waals surface area contributed by atoms with Crippen molar-refractivity contribution >= 4 is 22.6 Å². The van der Waals surface area contributed by atoms with Crippen LogP contribution in [-0.4, -0.2) is 67.7 Å². The molecule has 1 saturated heterocycles. The first kappa shape index (κ1) is 23.0. The topological polar surface area (TPSA) is 129 Å². The van der Waals surface area contributed by atoms with Gasteiger partial charge in [-0.15, -0.1) is 0 Å². The molecule has 0 bridgehead atoms. The monoisotopic (exact) mass is 430 g/mol. The van der Waals surface area contributed by atoms with Gasteiger partial charge >= 0.3 is 0 Å². The van der Waals surface area contributed by atoms with E-state index in [2.05, 4.69) is 10.3 Å². The Kier molecular flexibility index (Phi) is 8.25. The molecule has 170 valence electrons. The second-order valence-electron chi connectivity index (χ2n) is 7.84. The third kappa shape index (κ3) is 5.74. The van der Waals surface area contributed by atoms with E-state index in [0.717, 1.165) is 50.8 Å². The molecule has 1 amide bonds. The smallest absolute Gasteiger partial charge is 0.222 e. The predicted octanol–water partition coefficient (Wildman–Crippen LogP) is 1.65. The first-order chi connectivity index (χ1) is 15.1. The Hall–Kier alpha value is -2.65. The number of hydrogen-bond donors (Lipinski definition) is 3. The number of benzene rings is 1. The van der Waals surface area contributed by atoms with Crippen LogP contribution in [0.2, 0.25) is 0 Å². The molecule has 2 heterocycles. The van der Waals surface area contributed by atoms with Crippen molar-refractivity contribution < 1.29 is 14.3 Å². The number of aromatic nitrogens is 2. The van der Waals surface area contributed by atoms with Gasteiger partial charge in [0.05, 0.1) is 19.7 Å². The van der Waals surface area contributed by atoms with E-state index in [-0.39, 0.29) is 11.8 Å². The zero-order chi connectivity index (χ0) is 22.2. The molecule has 1 atom stereocenters. The summed E-state index contributed by atoms with van der Waals surface area (Å²) in [5, 5.41) is 4.00. The number of unbranched alkanes of at least 4 members (excludes halogenated alkanes) is 1. The van der Waals surface area contributed by atoms with Crippen molar-refractivity contribution in [3.8, 4) is 11.5 Å². The molecule has 5 N–H and O–H groups in total. The van der Waals surface area contributed by atoms with E-state index in [1.54, 1.807) is 20.3 Å². The van der Waals surface area contributed by atoms with Gasteiger partial charge in [-0.3, -0.25) is 4.79 Å². The lowest BCUT2D eigenvalue weighted by Crippen LogP contribution is -2.46. The zero-order valence-corrected chi connectivity index (χ0v) is 18.5. The lowest BCUT2D eigenvalue weighted by molar-refractivity contribution is -0.131. The highest BCUT2D eigenvalue weighted by Gasteiger charge is 2.22. The number of ether oxygens (including phenoxy) is 2. The van der Waals surface area contributed by atoms with Crippen LogP contribution in [-0.2, 0) is 4.79 Å². The molecular formula is C22H34N6O3. The Balaban J connectivity index is 1.83. The average molecular weight is 431 g/mol. The van der Waals surface area contributed by atoms with Gasteiger partial charge in [-0.1, -0.05) is 6.42 Å². The Bertz CT molecular complexity index is 885. The Labute approximate surface area is 183 Å². The first-order valence-electron chi connectivity index (χ1n) is 10.9. The summed E-state index contributed by atoms with van der Waals surface area (Å²) in [5.41, 5.74) is 12.7. The summed E-state index contributed by atoms with van der Waals surface area (Å²) in [7, 11) is 3.17. The number of carbonyl (C=O) groups is 1. The van der Waals surface area contributed by atoms with Crippen molar-refractivity contribution in [1.29, 1.82) is 0 Å². The first-order valence-corrected chi connectivity index (χ1v) is 10.9. The number of nitrogens with zero attached hydrogens (tertiary/aromatic N) is 3. The van der Waals surface area contributed by atoms with Crippen LogP contribution in [0.1, 0.15) is 43.8 Å². The van der Waals surface area contributed by atoms with Crippen LogP contribution in [0.5, 0.6) is 11.5 Å². The van der Waals surface area contributed by atoms with Crippen molar-refractivity contribution in [1.82, 2.24) is 20.2 Å². The minimum absolute atomic E-state index is 0.0400. The maximum atomic E-state index is 12.7. The van der Waals surface area contributed by atoms with Gasteiger partial charge < -0.3 is 31.2 Å². The third-order valence-corrected chi connectivity index (χ3v) is 5.80. The molecule has 3 rings (SSSR count). The number of rotatable bonds is 10. The molecule has 0 saturated carbocycles. The van der Waals surface area contributed by atoms with Crippen LogP contribution in [0.4, 0.5) is 5.82 Å². The van der Waals surface area contributed by atoms with Crippen LogP contribution in [0.25, 0.3) is 10.9 Å². The number of anilines is 1. The second kappa shape index (κ2) is 11.1. The van der Waals surface area contributed by atoms with Gasteiger partial charge in [-0.05, 0) is 31.9 Å². The molecule has 9 nitrogen and oxygen atoms in total. The number of nitrogens with two attached hydrogens (primary N) is 2. The van der Waals surface area contributed by atoms with Gasteiger partial charge in [-0.25, -0.2) is 9.97 Å². The molecule has 1 aliphatic rings. The molecule has 31 heavy (non-hydrogen) atoms. The van der Waals surface area contributed by atoms with Crippen LogP contribution in [0.15, 0.2) is 12.1 Å². The number of methoxy groups -OCH3 is 2. The second-order valence-corrected chi connectivity index (χ2v) is 7.84. The molecule has 0 spiro atoms. The SMILES string of the molecule is COc1cc2nc(C(CCCCN)CCC(=O)N3CCNCC3)nc(N)c2cc1OC. The lowest BCUT2D eigenvalue weighted by atomic mass is 9.95. The van der Waals surface area contributed by atoms with E-state index in [9.17, 15) is 4.79 Å². The quantitative estimate of drug-likeness (QED) is 0.485. The number of nitrogens with one attached hydrogen (secondary N) is 1. The van der Waals surface area contributed by atoms with Gasteiger partial charge in [0, 0.05) is 50.0 Å². The summed E-state index contributed by atoms with van der Waals surface area (Å²) < 4.78 is 10.8. The van der Waals surface area contributed by atoms with Crippen molar-refractivity contribution in [3.05, 3.63) is 18.0 Å². The Morgan fingerprint density at radius 3 is 2.52 bits per heavy atom. The number of hydrogen-bond acceptors (Lipinski definition) is 8. The van der Waals surface area contributed by atoms with Gasteiger partial charge in [0.1, 0.15) is 11.6 Å². The fourth-order valence-electron chi connectivity index (χ4n) is 3.99. The molecule has 9 heteroatoms. The van der Waals surface area contributed by atoms with Crippen molar-refractivity contribution in [3.63, 3.8) is 0 Å². The zero-order valence-electron chi connectivity index (χ0n) is 18.5. The van der Waals surface area contributed by atoms with E-state index in [1.165, 1.54) is 0 Å². The molecule has 1 fully saturated rings. The molecular weight excluding hydrogens is 396 g/mol. The number of nitrogen functional groups attached to an aromatic ring is 1. The van der Waals surface area contributed by atoms with Crippen molar-refractivity contribution in [2.24, 2.45) is 5.73 Å². The highest BCUT2D eigenvalue weighted by molar-refractivity contribution is 5.90. The molecule has 1 aliphatic heterocycles. The molecule has 1 aromatic carbocycles. The largest absolute Gasteiger partial charge is 0.493 e. The summed E-state index contributed by atoms with van der Waals surface area (Å²) in [6.45, 7) is 3.86. The van der Waals surface area contributed by atoms with Gasteiger partial charge in [0.2, 0.25) is 5.91 Å². The Morgan fingerprint density at radius 1 is 1.13 bits per heavy atom. The summed E-state index contributed by atoms with van der Waals surface area (Å²) in [6.07, 6.45) is 3.91. The van der Waals surface area contributed by atoms with Gasteiger partial charge in [-0.2, -0.15) is 0 Å². The number of fused-ring (bicyclic) bond motifs is 1. The van der Waals surface area contributed by atoms with Crippen LogP contribution >= 0.6 is 0 Å². The highest BCUT2D eigenvalue weighted by Crippen LogP contribution is 2.35. The van der Waals surface area contributed by atoms with Gasteiger partial charge in [0.25, 0.3) is 0 Å². The van der Waals surface area contributed by atoms with Crippen molar-refractivity contribution in [2.75, 3.05) is 52.7 Å².